The maximum atomic E-state index is 13.9. The van der Waals surface area contributed by atoms with Gasteiger partial charge in [0, 0.05) is 34.5 Å². The van der Waals surface area contributed by atoms with Crippen LogP contribution in [0.4, 0.5) is 10.1 Å². The Labute approximate surface area is 161 Å². The lowest BCUT2D eigenvalue weighted by Crippen LogP contribution is -2.25. The number of benzene rings is 2. The van der Waals surface area contributed by atoms with Gasteiger partial charge in [-0.1, -0.05) is 12.1 Å². The Hall–Kier alpha value is -3.48. The molecule has 0 unspecified atom stereocenters. The van der Waals surface area contributed by atoms with Gasteiger partial charge in [0.05, 0.1) is 0 Å². The van der Waals surface area contributed by atoms with Gasteiger partial charge in [0.25, 0.3) is 5.91 Å². The highest BCUT2D eigenvalue weighted by molar-refractivity contribution is 6.03. The molecule has 0 atom stereocenters. The minimum absolute atomic E-state index is 0.0255. The lowest BCUT2D eigenvalue weighted by molar-refractivity contribution is -0.111. The fourth-order valence-electron chi connectivity index (χ4n) is 2.54. The van der Waals surface area contributed by atoms with Crippen molar-refractivity contribution in [3.05, 3.63) is 70.5 Å². The smallest absolute Gasteiger partial charge is 0.251 e. The first-order chi connectivity index (χ1) is 13.3. The van der Waals surface area contributed by atoms with Crippen molar-refractivity contribution in [2.45, 2.75) is 25.8 Å². The van der Waals surface area contributed by atoms with Gasteiger partial charge in [-0.3, -0.25) is 14.4 Å². The Kier molecular flexibility index (Phi) is 5.54. The molecule has 3 amide bonds. The summed E-state index contributed by atoms with van der Waals surface area (Å²) in [6, 6.07) is 9.48. The molecule has 2 aromatic rings. The molecule has 1 aliphatic carbocycles. The summed E-state index contributed by atoms with van der Waals surface area (Å²) < 4.78 is 13.9. The highest BCUT2D eigenvalue weighted by Gasteiger charge is 2.23. The molecule has 0 heterocycles. The first-order valence-corrected chi connectivity index (χ1v) is 8.83. The number of hydrogen-bond acceptors (Lipinski definition) is 3. The van der Waals surface area contributed by atoms with Crippen molar-refractivity contribution in [1.29, 1.82) is 0 Å². The summed E-state index contributed by atoms with van der Waals surface area (Å²) in [6.45, 7) is 1.49. The third kappa shape index (κ3) is 4.82. The molecule has 28 heavy (non-hydrogen) atoms. The van der Waals surface area contributed by atoms with E-state index in [1.54, 1.807) is 30.3 Å². The van der Waals surface area contributed by atoms with E-state index in [0.29, 0.717) is 5.56 Å². The van der Waals surface area contributed by atoms with E-state index in [1.807, 2.05) is 0 Å². The summed E-state index contributed by atoms with van der Waals surface area (Å²) in [6.07, 6.45) is 4.90. The minimum Gasteiger partial charge on any atom is -0.366 e. The van der Waals surface area contributed by atoms with Gasteiger partial charge >= 0.3 is 0 Å². The second-order valence-electron chi connectivity index (χ2n) is 6.69. The van der Waals surface area contributed by atoms with Gasteiger partial charge in [0.2, 0.25) is 11.8 Å². The third-order valence-corrected chi connectivity index (χ3v) is 4.40. The predicted octanol–water partition coefficient (Wildman–Crippen LogP) is 2.78. The van der Waals surface area contributed by atoms with E-state index in [2.05, 4.69) is 10.6 Å². The first kappa shape index (κ1) is 19.3. The maximum Gasteiger partial charge on any atom is 0.251 e. The standard InChI is InChI=1S/C21H20FN3O3/c1-12-17(22)10-15(20(23)27)11-18(12)25-19(26)9-4-13-2-5-14(6-3-13)21(28)24-16-7-8-16/h2-6,9-11,16H,7-8H2,1H3,(H2,23,27)(H,24,28)(H,25,26). The number of hydrogen-bond donors (Lipinski definition) is 3. The van der Waals surface area contributed by atoms with Gasteiger partial charge in [-0.2, -0.15) is 0 Å². The van der Waals surface area contributed by atoms with Crippen LogP contribution < -0.4 is 16.4 Å². The van der Waals surface area contributed by atoms with Gasteiger partial charge in [-0.25, -0.2) is 4.39 Å². The minimum atomic E-state index is -0.782. The normalized spacial score (nSPS) is 13.4. The highest BCUT2D eigenvalue weighted by Crippen LogP contribution is 2.21. The van der Waals surface area contributed by atoms with E-state index in [0.717, 1.165) is 24.5 Å². The average molecular weight is 381 g/mol. The molecular weight excluding hydrogens is 361 g/mol. The zero-order valence-electron chi connectivity index (χ0n) is 15.3. The Bertz CT molecular complexity index is 964. The summed E-state index contributed by atoms with van der Waals surface area (Å²) in [4.78, 5) is 35.3. The van der Waals surface area contributed by atoms with E-state index in [1.165, 1.54) is 19.1 Å². The lowest BCUT2D eigenvalue weighted by Gasteiger charge is -2.09. The zero-order chi connectivity index (χ0) is 20.3. The molecule has 0 radical (unpaired) electrons. The van der Waals surface area contributed by atoms with Crippen molar-refractivity contribution in [2.75, 3.05) is 5.32 Å². The molecule has 1 aliphatic rings. The fourth-order valence-corrected chi connectivity index (χ4v) is 2.54. The topological polar surface area (TPSA) is 101 Å². The van der Waals surface area contributed by atoms with Crippen molar-refractivity contribution in [1.82, 2.24) is 5.32 Å². The average Bonchev–Trinajstić information content (AvgIpc) is 3.47. The summed E-state index contributed by atoms with van der Waals surface area (Å²) in [5.74, 6) is -2.01. The molecule has 0 aromatic heterocycles. The van der Waals surface area contributed by atoms with Crippen LogP contribution in [0.25, 0.3) is 6.08 Å². The summed E-state index contributed by atoms with van der Waals surface area (Å²) in [5.41, 5.74) is 6.81. The number of carbonyl (C=O) groups is 3. The molecule has 1 fully saturated rings. The van der Waals surface area contributed by atoms with Crippen LogP contribution in [0.5, 0.6) is 0 Å². The molecule has 0 aliphatic heterocycles. The number of rotatable bonds is 6. The molecule has 0 saturated heterocycles. The van der Waals surface area contributed by atoms with Crippen molar-refractivity contribution in [3.63, 3.8) is 0 Å². The van der Waals surface area contributed by atoms with Crippen LogP contribution in [-0.4, -0.2) is 23.8 Å². The monoisotopic (exact) mass is 381 g/mol. The van der Waals surface area contributed by atoms with Crippen LogP contribution in [0.3, 0.4) is 0 Å². The zero-order valence-corrected chi connectivity index (χ0v) is 15.3. The van der Waals surface area contributed by atoms with E-state index < -0.39 is 17.6 Å². The summed E-state index contributed by atoms with van der Waals surface area (Å²) >= 11 is 0. The largest absolute Gasteiger partial charge is 0.366 e. The predicted molar refractivity (Wildman–Crippen MR) is 104 cm³/mol. The fraction of sp³-hybridized carbons (Fsp3) is 0.190. The van der Waals surface area contributed by atoms with Gasteiger partial charge in [-0.05, 0) is 55.7 Å². The Morgan fingerprint density at radius 2 is 1.79 bits per heavy atom. The van der Waals surface area contributed by atoms with Gasteiger partial charge in [0.15, 0.2) is 0 Å². The van der Waals surface area contributed by atoms with Crippen molar-refractivity contribution in [2.24, 2.45) is 5.73 Å². The second-order valence-corrected chi connectivity index (χ2v) is 6.69. The molecule has 6 nitrogen and oxygen atoms in total. The quantitative estimate of drug-likeness (QED) is 0.671. The molecule has 144 valence electrons. The number of amides is 3. The molecule has 2 aromatic carbocycles. The van der Waals surface area contributed by atoms with Crippen molar-refractivity contribution in [3.8, 4) is 0 Å². The molecule has 7 heteroatoms. The Balaban J connectivity index is 1.65. The van der Waals surface area contributed by atoms with Gasteiger partial charge in [0.1, 0.15) is 5.82 Å². The van der Waals surface area contributed by atoms with Crippen LogP contribution in [-0.2, 0) is 4.79 Å². The third-order valence-electron chi connectivity index (χ3n) is 4.40. The van der Waals surface area contributed by atoms with E-state index in [4.69, 9.17) is 5.73 Å². The van der Waals surface area contributed by atoms with Crippen LogP contribution in [0, 0.1) is 12.7 Å². The molecule has 3 rings (SSSR count). The molecule has 0 bridgehead atoms. The Morgan fingerprint density at radius 3 is 2.39 bits per heavy atom. The number of halogens is 1. The highest BCUT2D eigenvalue weighted by atomic mass is 19.1. The molecule has 4 N–H and O–H groups in total. The second kappa shape index (κ2) is 8.04. The lowest BCUT2D eigenvalue weighted by atomic mass is 10.1. The summed E-state index contributed by atoms with van der Waals surface area (Å²) in [7, 11) is 0. The number of carbonyl (C=O) groups excluding carboxylic acids is 3. The van der Waals surface area contributed by atoms with E-state index in [9.17, 15) is 18.8 Å². The van der Waals surface area contributed by atoms with Gasteiger partial charge < -0.3 is 16.4 Å². The summed E-state index contributed by atoms with van der Waals surface area (Å²) in [5, 5.41) is 5.44. The Morgan fingerprint density at radius 1 is 1.11 bits per heavy atom. The van der Waals surface area contributed by atoms with E-state index in [-0.39, 0.29) is 28.8 Å². The van der Waals surface area contributed by atoms with Crippen LogP contribution in [0.15, 0.2) is 42.5 Å². The first-order valence-electron chi connectivity index (χ1n) is 8.83. The van der Waals surface area contributed by atoms with E-state index >= 15 is 0 Å². The molecule has 1 saturated carbocycles. The van der Waals surface area contributed by atoms with Crippen LogP contribution in [0.1, 0.15) is 44.7 Å². The van der Waals surface area contributed by atoms with Crippen LogP contribution in [0.2, 0.25) is 0 Å². The SMILES string of the molecule is Cc1c(F)cc(C(N)=O)cc1NC(=O)C=Cc1ccc(C(=O)NC2CC2)cc1. The van der Waals surface area contributed by atoms with Crippen molar-refractivity contribution >= 4 is 29.5 Å². The number of nitrogens with two attached hydrogens (primary N) is 1. The number of primary amides is 1. The number of anilines is 1. The molecule has 0 spiro atoms. The molecular formula is C21H20FN3O3. The van der Waals surface area contributed by atoms with Gasteiger partial charge in [-0.15, -0.1) is 0 Å². The maximum absolute atomic E-state index is 13.9. The van der Waals surface area contributed by atoms with Crippen molar-refractivity contribution < 1.29 is 18.8 Å². The van der Waals surface area contributed by atoms with Crippen LogP contribution >= 0.6 is 0 Å². The number of nitrogens with one attached hydrogen (secondary N) is 2.